The molecule has 2 heterocycles. The van der Waals surface area contributed by atoms with Crippen LogP contribution < -0.4 is 0 Å². The standard InChI is InChI=1S/C17H28O8/c1-4-20-14(18)5-6-16-22-11-13(24-16)10-21-15(19)7-8-17(3)23-9-12(2)25-17/h12-13,16H,4-11H2,1-3H3. The highest BCUT2D eigenvalue weighted by Gasteiger charge is 2.35. The molecule has 144 valence electrons. The molecule has 2 saturated heterocycles. The van der Waals surface area contributed by atoms with Crippen LogP contribution in [-0.4, -0.2) is 62.7 Å². The fraction of sp³-hybridized carbons (Fsp3) is 0.882. The first-order valence-corrected chi connectivity index (χ1v) is 8.80. The van der Waals surface area contributed by atoms with Gasteiger partial charge in [-0.1, -0.05) is 0 Å². The Morgan fingerprint density at radius 3 is 2.60 bits per heavy atom. The molecular weight excluding hydrogens is 332 g/mol. The lowest BCUT2D eigenvalue weighted by molar-refractivity contribution is -0.168. The Hall–Kier alpha value is -1.22. The summed E-state index contributed by atoms with van der Waals surface area (Å²) in [5.41, 5.74) is 0. The van der Waals surface area contributed by atoms with Crippen LogP contribution in [0.3, 0.4) is 0 Å². The fourth-order valence-corrected chi connectivity index (χ4v) is 2.72. The second kappa shape index (κ2) is 9.47. The Kier molecular flexibility index (Phi) is 7.61. The molecule has 0 spiro atoms. The Labute approximate surface area is 148 Å². The van der Waals surface area contributed by atoms with E-state index in [0.717, 1.165) is 0 Å². The predicted octanol–water partition coefficient (Wildman–Crippen LogP) is 1.55. The lowest BCUT2D eigenvalue weighted by Gasteiger charge is -2.22. The molecule has 0 aromatic carbocycles. The molecule has 25 heavy (non-hydrogen) atoms. The summed E-state index contributed by atoms with van der Waals surface area (Å²) in [7, 11) is 0. The third-order valence-corrected chi connectivity index (χ3v) is 3.99. The minimum Gasteiger partial charge on any atom is -0.466 e. The third kappa shape index (κ3) is 6.89. The molecule has 0 bridgehead atoms. The molecule has 0 aliphatic carbocycles. The maximum absolute atomic E-state index is 11.9. The van der Waals surface area contributed by atoms with Gasteiger partial charge in [-0.25, -0.2) is 0 Å². The maximum atomic E-state index is 11.9. The van der Waals surface area contributed by atoms with Crippen molar-refractivity contribution in [2.75, 3.05) is 26.4 Å². The van der Waals surface area contributed by atoms with Crippen LogP contribution >= 0.6 is 0 Å². The van der Waals surface area contributed by atoms with Gasteiger partial charge in [0, 0.05) is 12.8 Å². The van der Waals surface area contributed by atoms with Crippen molar-refractivity contribution in [1.29, 1.82) is 0 Å². The zero-order chi connectivity index (χ0) is 18.3. The Morgan fingerprint density at radius 2 is 1.92 bits per heavy atom. The number of carbonyl (C=O) groups excluding carboxylic acids is 2. The van der Waals surface area contributed by atoms with Crippen molar-refractivity contribution >= 4 is 11.9 Å². The minimum absolute atomic E-state index is 0.0385. The molecule has 0 amide bonds. The van der Waals surface area contributed by atoms with E-state index in [2.05, 4.69) is 0 Å². The van der Waals surface area contributed by atoms with Gasteiger partial charge < -0.3 is 28.4 Å². The zero-order valence-electron chi connectivity index (χ0n) is 15.2. The van der Waals surface area contributed by atoms with Crippen LogP contribution in [0.1, 0.15) is 46.5 Å². The van der Waals surface area contributed by atoms with Gasteiger partial charge in [-0.05, 0) is 20.8 Å². The molecule has 0 saturated carbocycles. The van der Waals surface area contributed by atoms with Gasteiger partial charge >= 0.3 is 11.9 Å². The number of hydrogen-bond donors (Lipinski definition) is 0. The molecule has 0 radical (unpaired) electrons. The van der Waals surface area contributed by atoms with Gasteiger partial charge in [0.05, 0.1) is 38.8 Å². The number of hydrogen-bond acceptors (Lipinski definition) is 8. The van der Waals surface area contributed by atoms with Gasteiger partial charge in [-0.15, -0.1) is 0 Å². The van der Waals surface area contributed by atoms with Crippen LogP contribution in [0, 0.1) is 0 Å². The van der Waals surface area contributed by atoms with Crippen molar-refractivity contribution in [3.63, 3.8) is 0 Å². The molecule has 2 rings (SSSR count). The van der Waals surface area contributed by atoms with Crippen LogP contribution in [0.25, 0.3) is 0 Å². The average Bonchev–Trinajstić information content (AvgIpc) is 3.16. The summed E-state index contributed by atoms with van der Waals surface area (Å²) >= 11 is 0. The van der Waals surface area contributed by atoms with E-state index in [4.69, 9.17) is 28.4 Å². The SMILES string of the molecule is CCOC(=O)CCC1OCC(COC(=O)CCC2(C)OCC(C)O2)O1. The second-order valence-electron chi connectivity index (χ2n) is 6.42. The van der Waals surface area contributed by atoms with Crippen molar-refractivity contribution in [1.82, 2.24) is 0 Å². The quantitative estimate of drug-likeness (QED) is 0.572. The molecule has 4 unspecified atom stereocenters. The largest absolute Gasteiger partial charge is 0.466 e. The van der Waals surface area contributed by atoms with E-state index in [9.17, 15) is 9.59 Å². The van der Waals surface area contributed by atoms with Gasteiger partial charge in [0.2, 0.25) is 0 Å². The Morgan fingerprint density at radius 1 is 1.16 bits per heavy atom. The van der Waals surface area contributed by atoms with E-state index in [1.807, 2.05) is 13.8 Å². The van der Waals surface area contributed by atoms with E-state index in [-0.39, 0.29) is 43.6 Å². The summed E-state index contributed by atoms with van der Waals surface area (Å²) in [6, 6.07) is 0. The first-order valence-electron chi connectivity index (χ1n) is 8.80. The molecule has 2 aliphatic rings. The van der Waals surface area contributed by atoms with Crippen molar-refractivity contribution in [3.8, 4) is 0 Å². The normalized spacial score (nSPS) is 31.9. The van der Waals surface area contributed by atoms with Crippen LogP contribution in [0.2, 0.25) is 0 Å². The second-order valence-corrected chi connectivity index (χ2v) is 6.42. The first-order chi connectivity index (χ1) is 11.9. The molecular formula is C17H28O8. The zero-order valence-corrected chi connectivity index (χ0v) is 15.2. The van der Waals surface area contributed by atoms with Gasteiger partial charge in [0.1, 0.15) is 12.7 Å². The molecule has 0 aromatic heterocycles. The third-order valence-electron chi connectivity index (χ3n) is 3.99. The van der Waals surface area contributed by atoms with Crippen molar-refractivity contribution in [3.05, 3.63) is 0 Å². The minimum atomic E-state index is -0.719. The highest BCUT2D eigenvalue weighted by Crippen LogP contribution is 2.27. The molecule has 8 nitrogen and oxygen atoms in total. The summed E-state index contributed by atoms with van der Waals surface area (Å²) in [6.07, 6.45) is 0.580. The summed E-state index contributed by atoms with van der Waals surface area (Å²) in [6.45, 7) is 6.87. The maximum Gasteiger partial charge on any atom is 0.306 e. The monoisotopic (exact) mass is 360 g/mol. The number of rotatable bonds is 9. The van der Waals surface area contributed by atoms with Gasteiger partial charge in [0.25, 0.3) is 0 Å². The van der Waals surface area contributed by atoms with E-state index in [1.54, 1.807) is 6.92 Å². The summed E-state index contributed by atoms with van der Waals surface area (Å²) in [5, 5.41) is 0. The first kappa shape index (κ1) is 20.1. The van der Waals surface area contributed by atoms with E-state index < -0.39 is 12.1 Å². The van der Waals surface area contributed by atoms with E-state index in [1.165, 1.54) is 0 Å². The molecule has 2 aliphatic heterocycles. The Balaban J connectivity index is 1.57. The average molecular weight is 360 g/mol. The number of carbonyl (C=O) groups is 2. The van der Waals surface area contributed by atoms with Crippen LogP contribution in [-0.2, 0) is 38.0 Å². The topological polar surface area (TPSA) is 89.5 Å². The number of ether oxygens (including phenoxy) is 6. The molecule has 8 heteroatoms. The van der Waals surface area contributed by atoms with E-state index in [0.29, 0.717) is 32.7 Å². The van der Waals surface area contributed by atoms with Gasteiger partial charge in [-0.3, -0.25) is 9.59 Å². The summed E-state index contributed by atoms with van der Waals surface area (Å²) < 4.78 is 32.3. The van der Waals surface area contributed by atoms with Gasteiger partial charge in [0.15, 0.2) is 12.1 Å². The van der Waals surface area contributed by atoms with Crippen LogP contribution in [0.15, 0.2) is 0 Å². The highest BCUT2D eigenvalue weighted by atomic mass is 16.7. The molecule has 0 aromatic rings. The summed E-state index contributed by atoms with van der Waals surface area (Å²) in [4.78, 5) is 23.2. The molecule has 0 N–H and O–H groups in total. The van der Waals surface area contributed by atoms with Crippen molar-refractivity contribution in [2.45, 2.75) is 70.7 Å². The highest BCUT2D eigenvalue weighted by molar-refractivity contribution is 5.69. The van der Waals surface area contributed by atoms with Crippen molar-refractivity contribution in [2.24, 2.45) is 0 Å². The smallest absolute Gasteiger partial charge is 0.306 e. The number of esters is 2. The van der Waals surface area contributed by atoms with Crippen LogP contribution in [0.5, 0.6) is 0 Å². The molecule has 2 fully saturated rings. The van der Waals surface area contributed by atoms with E-state index >= 15 is 0 Å². The Bertz CT molecular complexity index is 454. The lowest BCUT2D eigenvalue weighted by atomic mass is 10.2. The predicted molar refractivity (Wildman–Crippen MR) is 85.6 cm³/mol. The molecule has 4 atom stereocenters. The lowest BCUT2D eigenvalue weighted by Crippen LogP contribution is -2.28. The van der Waals surface area contributed by atoms with Crippen molar-refractivity contribution < 1.29 is 38.0 Å². The van der Waals surface area contributed by atoms with Gasteiger partial charge in [-0.2, -0.15) is 0 Å². The van der Waals surface area contributed by atoms with Crippen LogP contribution in [0.4, 0.5) is 0 Å². The summed E-state index contributed by atoms with van der Waals surface area (Å²) in [5.74, 6) is -1.32. The fourth-order valence-electron chi connectivity index (χ4n) is 2.72.